The van der Waals surface area contributed by atoms with Gasteiger partial charge in [0.15, 0.2) is 0 Å². The molecule has 1 aliphatic rings. The van der Waals surface area contributed by atoms with Gasteiger partial charge >= 0.3 is 5.97 Å². The Bertz CT molecular complexity index is 1170. The van der Waals surface area contributed by atoms with Gasteiger partial charge in [-0.15, -0.1) is 0 Å². The zero-order valence-electron chi connectivity index (χ0n) is 19.6. The smallest absolute Gasteiger partial charge is 0.306 e. The third-order valence-corrected chi connectivity index (χ3v) is 8.41. The van der Waals surface area contributed by atoms with Gasteiger partial charge in [-0.2, -0.15) is 0 Å². The summed E-state index contributed by atoms with van der Waals surface area (Å²) in [5, 5.41) is 10.4. The molecule has 0 unspecified atom stereocenters. The van der Waals surface area contributed by atoms with E-state index >= 15 is 0 Å². The number of nitrogens with zero attached hydrogens (tertiary/aromatic N) is 2. The van der Waals surface area contributed by atoms with Crippen LogP contribution in [0.2, 0.25) is 10.0 Å². The first-order valence-corrected chi connectivity index (χ1v) is 13.4. The Hall–Kier alpha value is -2.17. The zero-order valence-corrected chi connectivity index (χ0v) is 21.9. The van der Waals surface area contributed by atoms with Crippen LogP contribution in [0.1, 0.15) is 43.0 Å². The molecule has 0 radical (unpaired) electrons. The Balaban J connectivity index is 2.21. The number of halogens is 2. The molecule has 2 aromatic carbocycles. The average molecular weight is 543 g/mol. The van der Waals surface area contributed by atoms with Crippen LogP contribution in [0.3, 0.4) is 0 Å². The number of hydrogen-bond acceptors (Lipinski definition) is 5. The summed E-state index contributed by atoms with van der Waals surface area (Å²) in [6.45, 7) is 1.79. The molecule has 0 aliphatic carbocycles. The third-order valence-electron chi connectivity index (χ3n) is 6.00. The van der Waals surface area contributed by atoms with Gasteiger partial charge in [-0.1, -0.05) is 54.4 Å². The Morgan fingerprint density at radius 2 is 1.77 bits per heavy atom. The van der Waals surface area contributed by atoms with Crippen molar-refractivity contribution in [1.29, 1.82) is 0 Å². The van der Waals surface area contributed by atoms with Gasteiger partial charge in [-0.25, -0.2) is 12.7 Å². The highest BCUT2D eigenvalue weighted by Crippen LogP contribution is 2.44. The second kappa shape index (κ2) is 11.3. The summed E-state index contributed by atoms with van der Waals surface area (Å²) in [5.41, 5.74) is 1.30. The lowest BCUT2D eigenvalue weighted by molar-refractivity contribution is -0.182. The number of carboxylic acid groups (broad SMARTS) is 1. The number of hydrogen-bond donors (Lipinski definition) is 1. The van der Waals surface area contributed by atoms with Crippen molar-refractivity contribution in [2.45, 2.75) is 44.1 Å². The number of benzene rings is 2. The molecule has 0 aromatic heterocycles. The minimum Gasteiger partial charge on any atom is -0.481 e. The van der Waals surface area contributed by atoms with E-state index in [9.17, 15) is 23.1 Å². The summed E-state index contributed by atoms with van der Waals surface area (Å²) in [6.07, 6.45) is -2.33. The SMILES string of the molecule is CC[C@H](CS(=O)(=O)N(C)C)N1C(=O)[C@H](CC(=O)O)O[C@H](c2cccc(Cl)c2)[C@H]1c1ccc(Cl)cc1. The highest BCUT2D eigenvalue weighted by atomic mass is 35.5. The van der Waals surface area contributed by atoms with E-state index in [1.807, 2.05) is 0 Å². The molecule has 35 heavy (non-hydrogen) atoms. The molecule has 1 N–H and O–H groups in total. The topological polar surface area (TPSA) is 104 Å². The van der Waals surface area contributed by atoms with Crippen LogP contribution in [0.15, 0.2) is 48.5 Å². The van der Waals surface area contributed by atoms with Gasteiger partial charge in [-0.3, -0.25) is 9.59 Å². The van der Waals surface area contributed by atoms with Crippen LogP contribution < -0.4 is 0 Å². The number of rotatable bonds is 9. The van der Waals surface area contributed by atoms with Crippen LogP contribution in [-0.2, 0) is 24.3 Å². The monoisotopic (exact) mass is 542 g/mol. The number of amides is 1. The summed E-state index contributed by atoms with van der Waals surface area (Å²) in [7, 11) is -0.819. The molecule has 0 bridgehead atoms. The van der Waals surface area contributed by atoms with Crippen molar-refractivity contribution < 1.29 is 27.9 Å². The van der Waals surface area contributed by atoms with Crippen LogP contribution in [0.25, 0.3) is 0 Å². The largest absolute Gasteiger partial charge is 0.481 e. The first-order chi connectivity index (χ1) is 16.4. The molecule has 3 rings (SSSR count). The second-order valence-electron chi connectivity index (χ2n) is 8.56. The minimum absolute atomic E-state index is 0.324. The van der Waals surface area contributed by atoms with E-state index < -0.39 is 52.6 Å². The van der Waals surface area contributed by atoms with Crippen molar-refractivity contribution in [1.82, 2.24) is 9.21 Å². The molecule has 190 valence electrons. The molecule has 0 saturated carbocycles. The number of ether oxygens (including phenoxy) is 1. The lowest BCUT2D eigenvalue weighted by Crippen LogP contribution is -2.57. The molecule has 1 fully saturated rings. The van der Waals surface area contributed by atoms with E-state index in [2.05, 4.69) is 0 Å². The maximum Gasteiger partial charge on any atom is 0.306 e. The molecule has 1 aliphatic heterocycles. The Morgan fingerprint density at radius 1 is 1.11 bits per heavy atom. The van der Waals surface area contributed by atoms with Gasteiger partial charge in [-0.05, 0) is 41.8 Å². The van der Waals surface area contributed by atoms with Crippen LogP contribution in [0.4, 0.5) is 0 Å². The van der Waals surface area contributed by atoms with E-state index in [-0.39, 0.29) is 5.75 Å². The summed E-state index contributed by atoms with van der Waals surface area (Å²) < 4.78 is 32.9. The lowest BCUT2D eigenvalue weighted by Gasteiger charge is -2.48. The first kappa shape index (κ1) is 27.4. The molecule has 11 heteroatoms. The van der Waals surface area contributed by atoms with E-state index in [4.69, 9.17) is 27.9 Å². The number of sulfonamides is 1. The Morgan fingerprint density at radius 3 is 2.31 bits per heavy atom. The molecule has 4 atom stereocenters. The normalized spacial score (nSPS) is 21.8. The number of carbonyl (C=O) groups excluding carboxylic acids is 1. The Kier molecular flexibility index (Phi) is 8.82. The maximum absolute atomic E-state index is 13.7. The van der Waals surface area contributed by atoms with Crippen molar-refractivity contribution in [2.75, 3.05) is 19.8 Å². The summed E-state index contributed by atoms with van der Waals surface area (Å²) >= 11 is 12.3. The first-order valence-electron chi connectivity index (χ1n) is 11.0. The van der Waals surface area contributed by atoms with E-state index in [1.165, 1.54) is 19.0 Å². The number of carboxylic acids is 1. The minimum atomic E-state index is -3.68. The van der Waals surface area contributed by atoms with Crippen LogP contribution in [-0.4, -0.2) is 66.6 Å². The molecular formula is C24H28Cl2N2O6S. The maximum atomic E-state index is 13.7. The number of morpholine rings is 1. The molecular weight excluding hydrogens is 515 g/mol. The molecule has 8 nitrogen and oxygen atoms in total. The van der Waals surface area contributed by atoms with Crippen molar-refractivity contribution >= 4 is 45.1 Å². The van der Waals surface area contributed by atoms with Crippen molar-refractivity contribution in [2.24, 2.45) is 0 Å². The molecule has 1 heterocycles. The van der Waals surface area contributed by atoms with Gasteiger partial charge in [0.1, 0.15) is 12.2 Å². The average Bonchev–Trinajstić information content (AvgIpc) is 2.79. The standard InChI is InChI=1S/C24H28Cl2N2O6S/c1-4-19(14-35(32,33)27(2)3)28-22(15-8-10-17(25)11-9-15)23(16-6-5-7-18(26)12-16)34-20(24(28)31)13-21(29)30/h5-12,19-20,22-23H,4,13-14H2,1-3H3,(H,29,30)/t19-,20+,22-,23-/m1/s1. The van der Waals surface area contributed by atoms with Crippen molar-refractivity contribution in [3.63, 3.8) is 0 Å². The van der Waals surface area contributed by atoms with Gasteiger partial charge in [0.05, 0.1) is 18.2 Å². The summed E-state index contributed by atoms with van der Waals surface area (Å²) in [5.74, 6) is -2.10. The van der Waals surface area contributed by atoms with Gasteiger partial charge in [0, 0.05) is 30.2 Å². The highest BCUT2D eigenvalue weighted by Gasteiger charge is 2.47. The fraction of sp³-hybridized carbons (Fsp3) is 0.417. The van der Waals surface area contributed by atoms with Gasteiger partial charge in [0.2, 0.25) is 10.0 Å². The van der Waals surface area contributed by atoms with Crippen LogP contribution in [0.5, 0.6) is 0 Å². The van der Waals surface area contributed by atoms with E-state index in [0.29, 0.717) is 27.6 Å². The quantitative estimate of drug-likeness (QED) is 0.510. The third kappa shape index (κ3) is 6.34. The Labute approximate surface area is 215 Å². The van der Waals surface area contributed by atoms with Crippen LogP contribution >= 0.6 is 23.2 Å². The van der Waals surface area contributed by atoms with Gasteiger partial charge < -0.3 is 14.7 Å². The number of aliphatic carboxylic acids is 1. The van der Waals surface area contributed by atoms with E-state index in [1.54, 1.807) is 55.5 Å². The molecule has 1 saturated heterocycles. The molecule has 0 spiro atoms. The predicted molar refractivity (Wildman–Crippen MR) is 134 cm³/mol. The lowest BCUT2D eigenvalue weighted by atomic mass is 9.89. The number of carbonyl (C=O) groups is 2. The summed E-state index contributed by atoms with van der Waals surface area (Å²) in [4.78, 5) is 26.7. The van der Waals surface area contributed by atoms with Crippen molar-refractivity contribution in [3.05, 3.63) is 69.7 Å². The predicted octanol–water partition coefficient (Wildman–Crippen LogP) is 4.15. The van der Waals surface area contributed by atoms with Crippen LogP contribution in [0, 0.1) is 0 Å². The fourth-order valence-electron chi connectivity index (χ4n) is 4.19. The fourth-order valence-corrected chi connectivity index (χ4v) is 5.69. The van der Waals surface area contributed by atoms with Crippen molar-refractivity contribution in [3.8, 4) is 0 Å². The highest BCUT2D eigenvalue weighted by molar-refractivity contribution is 7.89. The molecule has 2 aromatic rings. The second-order valence-corrected chi connectivity index (χ2v) is 11.7. The van der Waals surface area contributed by atoms with Gasteiger partial charge in [0.25, 0.3) is 5.91 Å². The van der Waals surface area contributed by atoms with E-state index in [0.717, 1.165) is 4.31 Å². The zero-order chi connectivity index (χ0) is 25.9. The summed E-state index contributed by atoms with van der Waals surface area (Å²) in [6, 6.07) is 12.3. The molecule has 1 amide bonds.